The second-order valence-corrected chi connectivity index (χ2v) is 3.97. The molecule has 0 aromatic rings. The van der Waals surface area contributed by atoms with E-state index in [1.54, 1.807) is 7.11 Å². The summed E-state index contributed by atoms with van der Waals surface area (Å²) in [5.41, 5.74) is -0.556. The van der Waals surface area contributed by atoms with Crippen LogP contribution in [-0.2, 0) is 9.53 Å². The van der Waals surface area contributed by atoms with Gasteiger partial charge in [0, 0.05) is 7.11 Å². The Morgan fingerprint density at radius 3 is 2.85 bits per heavy atom. The molecule has 0 aromatic carbocycles. The van der Waals surface area contributed by atoms with Crippen molar-refractivity contribution in [2.24, 2.45) is 5.92 Å². The Bertz CT molecular complexity index is 210. The zero-order valence-corrected chi connectivity index (χ0v) is 8.51. The number of rotatable bonds is 3. The summed E-state index contributed by atoms with van der Waals surface area (Å²) in [4.78, 5) is 11.6. The summed E-state index contributed by atoms with van der Waals surface area (Å²) in [6.45, 7) is 5.69. The van der Waals surface area contributed by atoms with Crippen molar-refractivity contribution in [3.8, 4) is 0 Å². The van der Waals surface area contributed by atoms with Gasteiger partial charge in [0.25, 0.3) is 0 Å². The molecule has 0 amide bonds. The molecule has 1 saturated carbocycles. The van der Waals surface area contributed by atoms with Crippen LogP contribution < -0.4 is 0 Å². The Morgan fingerprint density at radius 1 is 1.69 bits per heavy atom. The number of hydrogen-bond donors (Lipinski definition) is 0. The Balaban J connectivity index is 2.78. The molecule has 0 spiro atoms. The van der Waals surface area contributed by atoms with E-state index in [4.69, 9.17) is 4.74 Å². The van der Waals surface area contributed by atoms with Crippen LogP contribution in [0.5, 0.6) is 0 Å². The van der Waals surface area contributed by atoms with Gasteiger partial charge in [0.2, 0.25) is 0 Å². The Morgan fingerprint density at radius 2 is 2.38 bits per heavy atom. The minimum Gasteiger partial charge on any atom is -0.370 e. The van der Waals surface area contributed by atoms with E-state index in [1.165, 1.54) is 12.5 Å². The van der Waals surface area contributed by atoms with Gasteiger partial charge in [-0.25, -0.2) is 0 Å². The summed E-state index contributed by atoms with van der Waals surface area (Å²) >= 11 is 0. The van der Waals surface area contributed by atoms with Crippen LogP contribution in [-0.4, -0.2) is 18.5 Å². The molecule has 2 heteroatoms. The number of carbonyl (C=O) groups excluding carboxylic acids is 1. The zero-order chi connectivity index (χ0) is 9.90. The maximum Gasteiger partial charge on any atom is 0.186 e. The third kappa shape index (κ3) is 1.99. The van der Waals surface area contributed by atoms with E-state index in [0.29, 0.717) is 5.92 Å². The molecule has 74 valence electrons. The summed E-state index contributed by atoms with van der Waals surface area (Å²) in [7, 11) is 1.62. The zero-order valence-electron chi connectivity index (χ0n) is 8.51. The standard InChI is InChI=1S/C11H18O2/c1-4-10(12)11(13-3)7-5-6-9(2)8-11/h4,9H,1,5-8H2,2-3H3. The maximum atomic E-state index is 11.6. The third-order valence-electron chi connectivity index (χ3n) is 2.98. The maximum absolute atomic E-state index is 11.6. The van der Waals surface area contributed by atoms with E-state index in [9.17, 15) is 4.79 Å². The third-order valence-corrected chi connectivity index (χ3v) is 2.98. The van der Waals surface area contributed by atoms with Crippen molar-refractivity contribution in [3.05, 3.63) is 12.7 Å². The highest BCUT2D eigenvalue weighted by Crippen LogP contribution is 2.35. The number of hydrogen-bond acceptors (Lipinski definition) is 2. The molecule has 0 saturated heterocycles. The Labute approximate surface area is 80.0 Å². The topological polar surface area (TPSA) is 26.3 Å². The Kier molecular flexibility index (Phi) is 3.26. The molecule has 0 aliphatic heterocycles. The van der Waals surface area contributed by atoms with Crippen LogP contribution in [0.4, 0.5) is 0 Å². The average molecular weight is 182 g/mol. The van der Waals surface area contributed by atoms with Crippen LogP contribution in [0.15, 0.2) is 12.7 Å². The van der Waals surface area contributed by atoms with Crippen molar-refractivity contribution in [1.29, 1.82) is 0 Å². The molecule has 1 aliphatic carbocycles. The largest absolute Gasteiger partial charge is 0.370 e. The van der Waals surface area contributed by atoms with Crippen LogP contribution >= 0.6 is 0 Å². The number of ketones is 1. The second kappa shape index (κ2) is 4.05. The fraction of sp³-hybridized carbons (Fsp3) is 0.727. The van der Waals surface area contributed by atoms with Crippen LogP contribution in [0.1, 0.15) is 32.6 Å². The predicted molar refractivity (Wildman–Crippen MR) is 52.6 cm³/mol. The van der Waals surface area contributed by atoms with E-state index in [0.717, 1.165) is 19.3 Å². The smallest absolute Gasteiger partial charge is 0.186 e. The van der Waals surface area contributed by atoms with E-state index < -0.39 is 5.60 Å². The van der Waals surface area contributed by atoms with Crippen molar-refractivity contribution in [2.75, 3.05) is 7.11 Å². The first-order chi connectivity index (χ1) is 6.14. The molecule has 1 fully saturated rings. The molecule has 0 radical (unpaired) electrons. The van der Waals surface area contributed by atoms with Gasteiger partial charge in [0.15, 0.2) is 5.78 Å². The molecular formula is C11H18O2. The van der Waals surface area contributed by atoms with Crippen LogP contribution in [0.2, 0.25) is 0 Å². The quantitative estimate of drug-likeness (QED) is 0.626. The lowest BCUT2D eigenvalue weighted by molar-refractivity contribution is -0.141. The molecule has 2 nitrogen and oxygen atoms in total. The van der Waals surface area contributed by atoms with Gasteiger partial charge in [-0.05, 0) is 31.3 Å². The van der Waals surface area contributed by atoms with Crippen LogP contribution in [0, 0.1) is 5.92 Å². The minimum absolute atomic E-state index is 0.0431. The lowest BCUT2D eigenvalue weighted by Gasteiger charge is -2.36. The molecule has 13 heavy (non-hydrogen) atoms. The molecule has 1 rings (SSSR count). The molecule has 0 bridgehead atoms. The normalized spacial score (nSPS) is 34.2. The first kappa shape index (κ1) is 10.5. The molecule has 0 heterocycles. The average Bonchev–Trinajstić information content (AvgIpc) is 2.16. The fourth-order valence-electron chi connectivity index (χ4n) is 2.20. The monoisotopic (exact) mass is 182 g/mol. The van der Waals surface area contributed by atoms with E-state index in [-0.39, 0.29) is 5.78 Å². The van der Waals surface area contributed by atoms with Gasteiger partial charge in [-0.3, -0.25) is 4.79 Å². The van der Waals surface area contributed by atoms with Gasteiger partial charge in [-0.15, -0.1) is 0 Å². The predicted octanol–water partition coefficient (Wildman–Crippen LogP) is 2.34. The summed E-state index contributed by atoms with van der Waals surface area (Å²) in [5, 5.41) is 0. The molecule has 0 aromatic heterocycles. The highest BCUT2D eigenvalue weighted by Gasteiger charge is 2.39. The van der Waals surface area contributed by atoms with Crippen molar-refractivity contribution in [2.45, 2.75) is 38.2 Å². The summed E-state index contributed by atoms with van der Waals surface area (Å²) < 4.78 is 5.38. The van der Waals surface area contributed by atoms with Crippen molar-refractivity contribution in [3.63, 3.8) is 0 Å². The molecule has 2 unspecified atom stereocenters. The first-order valence-electron chi connectivity index (χ1n) is 4.86. The Hall–Kier alpha value is -0.630. The van der Waals surface area contributed by atoms with Gasteiger partial charge in [0.05, 0.1) is 0 Å². The van der Waals surface area contributed by atoms with Gasteiger partial charge in [0.1, 0.15) is 5.60 Å². The molecule has 2 atom stereocenters. The number of carbonyl (C=O) groups is 1. The summed E-state index contributed by atoms with van der Waals surface area (Å²) in [5.74, 6) is 0.624. The van der Waals surface area contributed by atoms with Gasteiger partial charge >= 0.3 is 0 Å². The van der Waals surface area contributed by atoms with Gasteiger partial charge < -0.3 is 4.74 Å². The van der Waals surface area contributed by atoms with Crippen molar-refractivity contribution < 1.29 is 9.53 Å². The van der Waals surface area contributed by atoms with E-state index >= 15 is 0 Å². The lowest BCUT2D eigenvalue weighted by atomic mass is 9.76. The van der Waals surface area contributed by atoms with Gasteiger partial charge in [-0.2, -0.15) is 0 Å². The lowest BCUT2D eigenvalue weighted by Crippen LogP contribution is -2.43. The second-order valence-electron chi connectivity index (χ2n) is 3.97. The van der Waals surface area contributed by atoms with E-state index in [1.807, 2.05) is 0 Å². The summed E-state index contributed by atoms with van der Waals surface area (Å²) in [6, 6.07) is 0. The SMILES string of the molecule is C=CC(=O)C1(OC)CCCC(C)C1. The molecule has 1 aliphatic rings. The number of methoxy groups -OCH3 is 1. The van der Waals surface area contributed by atoms with Crippen molar-refractivity contribution in [1.82, 2.24) is 0 Å². The van der Waals surface area contributed by atoms with Crippen molar-refractivity contribution >= 4 is 5.78 Å². The van der Waals surface area contributed by atoms with Crippen LogP contribution in [0.25, 0.3) is 0 Å². The van der Waals surface area contributed by atoms with E-state index in [2.05, 4.69) is 13.5 Å². The minimum atomic E-state index is -0.556. The summed E-state index contributed by atoms with van der Waals surface area (Å²) in [6.07, 6.45) is 5.36. The number of ether oxygens (including phenoxy) is 1. The highest BCUT2D eigenvalue weighted by molar-refractivity contribution is 5.96. The highest BCUT2D eigenvalue weighted by atomic mass is 16.5. The van der Waals surface area contributed by atoms with Crippen LogP contribution in [0.3, 0.4) is 0 Å². The molecule has 0 N–H and O–H groups in total. The molecular weight excluding hydrogens is 164 g/mol. The fourth-order valence-corrected chi connectivity index (χ4v) is 2.20. The van der Waals surface area contributed by atoms with Gasteiger partial charge in [-0.1, -0.05) is 19.9 Å². The first-order valence-corrected chi connectivity index (χ1v) is 4.86.